The van der Waals surface area contributed by atoms with Crippen LogP contribution in [-0.4, -0.2) is 62.4 Å². The summed E-state index contributed by atoms with van der Waals surface area (Å²) in [4.78, 5) is 30.7. The van der Waals surface area contributed by atoms with Gasteiger partial charge in [0.25, 0.3) is 5.56 Å². The summed E-state index contributed by atoms with van der Waals surface area (Å²) in [6.45, 7) is 6.54. The van der Waals surface area contributed by atoms with E-state index in [1.807, 2.05) is 0 Å². The number of pyridine rings is 1. The minimum absolute atomic E-state index is 0.0786. The Labute approximate surface area is 199 Å². The molecule has 0 atom stereocenters. The van der Waals surface area contributed by atoms with Crippen molar-refractivity contribution in [3.8, 4) is 16.9 Å². The van der Waals surface area contributed by atoms with Crippen LogP contribution in [0.3, 0.4) is 0 Å². The summed E-state index contributed by atoms with van der Waals surface area (Å²) in [7, 11) is 0. The van der Waals surface area contributed by atoms with Gasteiger partial charge in [-0.2, -0.15) is 23.0 Å². The topological polar surface area (TPSA) is 63.4 Å². The maximum atomic E-state index is 13.5. The maximum Gasteiger partial charge on any atom is 0.416 e. The number of hydrogen-bond donors (Lipinski definition) is 0. The second-order valence-corrected chi connectivity index (χ2v) is 8.94. The molecule has 182 valence electrons. The van der Waals surface area contributed by atoms with Crippen LogP contribution in [0.1, 0.15) is 19.4 Å². The van der Waals surface area contributed by atoms with Gasteiger partial charge in [-0.25, -0.2) is 4.79 Å². The first kappa shape index (κ1) is 23.1. The number of para-hydroxylation sites is 1. The molecule has 0 saturated carbocycles. The van der Waals surface area contributed by atoms with Crippen molar-refractivity contribution in [2.24, 2.45) is 0 Å². The maximum absolute atomic E-state index is 13.5. The molecule has 0 spiro atoms. The van der Waals surface area contributed by atoms with Crippen LogP contribution in [0.5, 0.6) is 0 Å². The van der Waals surface area contributed by atoms with Crippen molar-refractivity contribution in [2.45, 2.75) is 26.1 Å². The fourth-order valence-corrected chi connectivity index (χ4v) is 4.53. The highest BCUT2D eigenvalue weighted by Crippen LogP contribution is 2.35. The average molecular weight is 483 g/mol. The number of hydrogen-bond acceptors (Lipinski definition) is 4. The van der Waals surface area contributed by atoms with Gasteiger partial charge >= 0.3 is 12.2 Å². The fraction of sp³-hybridized carbons (Fsp3) is 0.320. The number of fused-ring (bicyclic) bond motifs is 3. The Morgan fingerprint density at radius 2 is 1.69 bits per heavy atom. The molecule has 3 heterocycles. The molecule has 0 aliphatic carbocycles. The van der Waals surface area contributed by atoms with Gasteiger partial charge in [0, 0.05) is 43.8 Å². The van der Waals surface area contributed by atoms with Crippen LogP contribution in [0.4, 0.5) is 18.0 Å². The van der Waals surface area contributed by atoms with Gasteiger partial charge in [-0.15, -0.1) is 0 Å². The first-order valence-corrected chi connectivity index (χ1v) is 11.4. The molecule has 0 unspecified atom stereocenters. The Balaban J connectivity index is 1.69. The van der Waals surface area contributed by atoms with Crippen molar-refractivity contribution in [3.05, 3.63) is 70.6 Å². The third-order valence-corrected chi connectivity index (χ3v) is 6.50. The molecule has 2 aromatic carbocycles. The van der Waals surface area contributed by atoms with Crippen molar-refractivity contribution < 1.29 is 18.0 Å². The number of carbonyl (C=O) groups is 1. The monoisotopic (exact) mass is 483 g/mol. The second kappa shape index (κ2) is 8.53. The van der Waals surface area contributed by atoms with Crippen LogP contribution in [0.25, 0.3) is 27.8 Å². The summed E-state index contributed by atoms with van der Waals surface area (Å²) in [5.41, 5.74) is -0.431. The molecular formula is C25H24F3N5O2. The van der Waals surface area contributed by atoms with Crippen molar-refractivity contribution in [3.63, 3.8) is 0 Å². The van der Waals surface area contributed by atoms with Crippen molar-refractivity contribution in [1.82, 2.24) is 24.1 Å². The van der Waals surface area contributed by atoms with E-state index in [1.165, 1.54) is 16.8 Å². The van der Waals surface area contributed by atoms with Gasteiger partial charge in [-0.1, -0.05) is 18.2 Å². The van der Waals surface area contributed by atoms with Crippen LogP contribution >= 0.6 is 0 Å². The zero-order valence-corrected chi connectivity index (χ0v) is 19.3. The molecule has 0 bridgehead atoms. The number of rotatable bonds is 2. The third kappa shape index (κ3) is 4.07. The lowest BCUT2D eigenvalue weighted by Crippen LogP contribution is -2.51. The summed E-state index contributed by atoms with van der Waals surface area (Å²) in [6, 6.07) is 11.8. The van der Waals surface area contributed by atoms with Gasteiger partial charge in [0.2, 0.25) is 0 Å². The van der Waals surface area contributed by atoms with Crippen LogP contribution in [-0.2, 0) is 6.18 Å². The second-order valence-electron chi connectivity index (χ2n) is 8.94. The van der Waals surface area contributed by atoms with E-state index in [1.54, 1.807) is 35.2 Å². The Bertz CT molecular complexity index is 1420. The molecule has 5 rings (SSSR count). The van der Waals surface area contributed by atoms with E-state index in [-0.39, 0.29) is 28.2 Å². The van der Waals surface area contributed by atoms with E-state index in [0.29, 0.717) is 37.9 Å². The predicted molar refractivity (Wildman–Crippen MR) is 126 cm³/mol. The zero-order chi connectivity index (χ0) is 24.9. The number of carbonyl (C=O) groups excluding carboxylic acids is 1. The molecule has 1 amide bonds. The average Bonchev–Trinajstić information content (AvgIpc) is 3.19. The normalized spacial score (nSPS) is 15.4. The number of aromatic nitrogens is 3. The summed E-state index contributed by atoms with van der Waals surface area (Å²) >= 11 is 0. The van der Waals surface area contributed by atoms with Crippen molar-refractivity contribution in [1.29, 1.82) is 0 Å². The lowest BCUT2D eigenvalue weighted by atomic mass is 10.0. The van der Waals surface area contributed by atoms with E-state index in [4.69, 9.17) is 0 Å². The Kier molecular flexibility index (Phi) is 5.63. The Morgan fingerprint density at radius 1 is 1.00 bits per heavy atom. The molecule has 10 heteroatoms. The first-order valence-electron chi connectivity index (χ1n) is 11.4. The van der Waals surface area contributed by atoms with E-state index in [9.17, 15) is 22.8 Å². The molecule has 3 aliphatic rings. The smallest absolute Gasteiger partial charge is 0.321 e. The lowest BCUT2D eigenvalue weighted by Gasteiger charge is -2.37. The number of halogens is 3. The van der Waals surface area contributed by atoms with Crippen molar-refractivity contribution in [2.75, 3.05) is 26.2 Å². The number of alkyl halides is 3. The SMILES string of the molecule is CC(C)N1CCN(C(=O)n2cc3c(=O)n(-c4ccccc4)nc-3c3cc(C(F)(F)F)ccc32)CC1. The predicted octanol–water partition coefficient (Wildman–Crippen LogP) is 4.30. The van der Waals surface area contributed by atoms with Gasteiger partial charge < -0.3 is 4.90 Å². The third-order valence-electron chi connectivity index (χ3n) is 6.50. The first-order chi connectivity index (χ1) is 16.6. The molecule has 1 saturated heterocycles. The minimum atomic E-state index is -4.58. The number of benzene rings is 2. The quantitative estimate of drug-likeness (QED) is 0.427. The van der Waals surface area contributed by atoms with Gasteiger partial charge in [-0.05, 0) is 44.2 Å². The molecule has 0 N–H and O–H groups in total. The van der Waals surface area contributed by atoms with Gasteiger partial charge in [0.05, 0.1) is 22.3 Å². The van der Waals surface area contributed by atoms with E-state index in [2.05, 4.69) is 23.8 Å². The Hall–Kier alpha value is -3.66. The number of amides is 1. The van der Waals surface area contributed by atoms with E-state index < -0.39 is 17.3 Å². The number of nitrogens with zero attached hydrogens (tertiary/aromatic N) is 5. The highest BCUT2D eigenvalue weighted by Gasteiger charge is 2.33. The van der Waals surface area contributed by atoms with Gasteiger partial charge in [0.15, 0.2) is 0 Å². The summed E-state index contributed by atoms with van der Waals surface area (Å²) in [5.74, 6) is 0. The standard InChI is InChI=1S/C25H24F3N5O2/c1-16(2)30-10-12-31(13-11-30)24(35)32-15-20-22(19-14-17(25(26,27)28)8-9-21(19)32)29-33(23(20)34)18-6-4-3-5-7-18/h3-9,14-16H,10-13H2,1-2H3. The highest BCUT2D eigenvalue weighted by molar-refractivity contribution is 5.99. The molecule has 1 fully saturated rings. The Morgan fingerprint density at radius 3 is 2.31 bits per heavy atom. The molecule has 3 aliphatic heterocycles. The number of piperazine rings is 1. The fourth-order valence-electron chi connectivity index (χ4n) is 4.53. The molecule has 0 aromatic heterocycles. The van der Waals surface area contributed by atoms with Gasteiger partial charge in [0.1, 0.15) is 5.69 Å². The van der Waals surface area contributed by atoms with E-state index >= 15 is 0 Å². The zero-order valence-electron chi connectivity index (χ0n) is 19.3. The highest BCUT2D eigenvalue weighted by atomic mass is 19.4. The molecule has 2 aromatic rings. The summed E-state index contributed by atoms with van der Waals surface area (Å²) < 4.78 is 43.1. The van der Waals surface area contributed by atoms with Crippen LogP contribution in [0, 0.1) is 0 Å². The van der Waals surface area contributed by atoms with Crippen LogP contribution < -0.4 is 5.56 Å². The van der Waals surface area contributed by atoms with E-state index in [0.717, 1.165) is 16.8 Å². The summed E-state index contributed by atoms with van der Waals surface area (Å²) in [5, 5.41) is 4.46. The minimum Gasteiger partial charge on any atom is -0.321 e. The van der Waals surface area contributed by atoms with Crippen LogP contribution in [0.2, 0.25) is 0 Å². The molecule has 35 heavy (non-hydrogen) atoms. The molecule has 7 nitrogen and oxygen atoms in total. The molecular weight excluding hydrogens is 459 g/mol. The summed E-state index contributed by atoms with van der Waals surface area (Å²) in [6.07, 6.45) is -3.18. The molecule has 0 radical (unpaired) electrons. The largest absolute Gasteiger partial charge is 0.416 e. The van der Waals surface area contributed by atoms with Crippen LogP contribution in [0.15, 0.2) is 59.5 Å². The van der Waals surface area contributed by atoms with Crippen molar-refractivity contribution >= 4 is 16.9 Å². The van der Waals surface area contributed by atoms with Gasteiger partial charge in [-0.3, -0.25) is 14.3 Å². The lowest BCUT2D eigenvalue weighted by molar-refractivity contribution is -0.137.